The number of alkyl carbamates (subject to hydrolysis) is 1. The van der Waals surface area contributed by atoms with E-state index < -0.39 is 24.2 Å². The molecule has 0 saturated heterocycles. The van der Waals surface area contributed by atoms with Crippen LogP contribution in [0.3, 0.4) is 0 Å². The summed E-state index contributed by atoms with van der Waals surface area (Å²) in [5, 5.41) is 12.8. The second-order valence-corrected chi connectivity index (χ2v) is 6.69. The van der Waals surface area contributed by atoms with E-state index in [1.807, 2.05) is 30.3 Å². The van der Waals surface area contributed by atoms with Crippen molar-refractivity contribution in [1.29, 1.82) is 0 Å². The normalized spacial score (nSPS) is 11.7. The number of esters is 1. The number of nitrogens with zero attached hydrogens (tertiary/aromatic N) is 1. The standard InChI is InChI=1S/C22H22N2O6/c1-14-17(16-10-6-7-11-19(16)24(14)22(27)28)12-18(20(25)29-2)23-21(26)30-13-15-8-4-3-5-9-15/h3-11,18H,12-13H2,1-2H3,(H,23,26)(H,27,28). The molecule has 156 valence electrons. The van der Waals surface area contributed by atoms with E-state index in [-0.39, 0.29) is 13.0 Å². The summed E-state index contributed by atoms with van der Waals surface area (Å²) in [7, 11) is 1.22. The first kappa shape index (κ1) is 20.9. The van der Waals surface area contributed by atoms with Crippen LogP contribution < -0.4 is 5.32 Å². The van der Waals surface area contributed by atoms with Gasteiger partial charge in [0.05, 0.1) is 12.6 Å². The van der Waals surface area contributed by atoms with Gasteiger partial charge in [-0.15, -0.1) is 0 Å². The second-order valence-electron chi connectivity index (χ2n) is 6.69. The van der Waals surface area contributed by atoms with Gasteiger partial charge in [0.2, 0.25) is 0 Å². The highest BCUT2D eigenvalue weighted by atomic mass is 16.6. The van der Waals surface area contributed by atoms with Crippen molar-refractivity contribution in [3.8, 4) is 0 Å². The molecule has 30 heavy (non-hydrogen) atoms. The molecule has 0 aliphatic heterocycles. The third-order valence-corrected chi connectivity index (χ3v) is 4.83. The minimum atomic E-state index is -1.13. The molecule has 2 aromatic carbocycles. The molecule has 0 saturated carbocycles. The van der Waals surface area contributed by atoms with Crippen LogP contribution in [-0.2, 0) is 27.3 Å². The Morgan fingerprint density at radius 1 is 1.07 bits per heavy atom. The Balaban J connectivity index is 1.82. The number of carbonyl (C=O) groups is 3. The molecule has 3 rings (SSSR count). The lowest BCUT2D eigenvalue weighted by molar-refractivity contribution is -0.143. The molecule has 8 nitrogen and oxygen atoms in total. The summed E-state index contributed by atoms with van der Waals surface area (Å²) < 4.78 is 11.2. The fourth-order valence-corrected chi connectivity index (χ4v) is 3.39. The number of aromatic nitrogens is 1. The largest absolute Gasteiger partial charge is 0.467 e. The summed E-state index contributed by atoms with van der Waals surface area (Å²) in [4.78, 5) is 36.3. The SMILES string of the molecule is COC(=O)C(Cc1c(C)n(C(=O)O)c2ccccc12)NC(=O)OCc1ccccc1. The number of hydrogen-bond donors (Lipinski definition) is 2. The van der Waals surface area contributed by atoms with Gasteiger partial charge in [-0.05, 0) is 24.1 Å². The molecular formula is C22H22N2O6. The Bertz CT molecular complexity index is 1070. The van der Waals surface area contributed by atoms with E-state index in [0.717, 1.165) is 10.1 Å². The molecular weight excluding hydrogens is 388 g/mol. The van der Waals surface area contributed by atoms with Crippen LogP contribution in [0.2, 0.25) is 0 Å². The van der Waals surface area contributed by atoms with Crippen molar-refractivity contribution in [2.24, 2.45) is 0 Å². The van der Waals surface area contributed by atoms with Gasteiger partial charge in [0.25, 0.3) is 0 Å². The molecule has 0 aliphatic rings. The van der Waals surface area contributed by atoms with Crippen LogP contribution in [0.15, 0.2) is 54.6 Å². The number of methoxy groups -OCH3 is 1. The summed E-state index contributed by atoms with van der Waals surface area (Å²) in [5.74, 6) is -0.654. The number of benzene rings is 2. The van der Waals surface area contributed by atoms with E-state index in [1.54, 1.807) is 31.2 Å². The Kier molecular flexibility index (Phi) is 6.36. The number of ether oxygens (including phenoxy) is 2. The van der Waals surface area contributed by atoms with E-state index in [9.17, 15) is 19.5 Å². The zero-order valence-corrected chi connectivity index (χ0v) is 16.6. The maximum Gasteiger partial charge on any atom is 0.416 e. The summed E-state index contributed by atoms with van der Waals surface area (Å²) >= 11 is 0. The van der Waals surface area contributed by atoms with Gasteiger partial charge in [0.1, 0.15) is 12.6 Å². The summed E-state index contributed by atoms with van der Waals surface area (Å²) in [5.41, 5.74) is 2.42. The molecule has 2 N–H and O–H groups in total. The fraction of sp³-hybridized carbons (Fsp3) is 0.227. The molecule has 0 spiro atoms. The number of carbonyl (C=O) groups excluding carboxylic acids is 2. The average molecular weight is 410 g/mol. The lowest BCUT2D eigenvalue weighted by Crippen LogP contribution is -2.43. The van der Waals surface area contributed by atoms with Crippen molar-refractivity contribution in [2.45, 2.75) is 26.0 Å². The van der Waals surface area contributed by atoms with E-state index in [1.165, 1.54) is 7.11 Å². The second kappa shape index (κ2) is 9.13. The Labute approximate surface area is 173 Å². The third kappa shape index (κ3) is 4.43. The lowest BCUT2D eigenvalue weighted by atomic mass is 10.0. The molecule has 8 heteroatoms. The van der Waals surface area contributed by atoms with Gasteiger partial charge >= 0.3 is 18.2 Å². The zero-order valence-electron chi connectivity index (χ0n) is 16.6. The zero-order chi connectivity index (χ0) is 21.7. The van der Waals surface area contributed by atoms with E-state index >= 15 is 0 Å². The highest BCUT2D eigenvalue weighted by Crippen LogP contribution is 2.27. The van der Waals surface area contributed by atoms with Crippen molar-refractivity contribution in [1.82, 2.24) is 9.88 Å². The van der Waals surface area contributed by atoms with Gasteiger partial charge in [-0.1, -0.05) is 48.5 Å². The molecule has 0 radical (unpaired) electrons. The van der Waals surface area contributed by atoms with Gasteiger partial charge < -0.3 is 19.9 Å². The molecule has 1 amide bonds. The van der Waals surface area contributed by atoms with E-state index in [4.69, 9.17) is 9.47 Å². The maximum absolute atomic E-state index is 12.3. The van der Waals surface area contributed by atoms with E-state index in [0.29, 0.717) is 22.2 Å². The predicted molar refractivity (Wildman–Crippen MR) is 109 cm³/mol. The molecule has 1 unspecified atom stereocenters. The summed E-state index contributed by atoms with van der Waals surface area (Å²) in [6, 6.07) is 15.1. The molecule has 0 fully saturated rings. The van der Waals surface area contributed by atoms with Crippen LogP contribution in [0.25, 0.3) is 10.9 Å². The molecule has 0 aliphatic carbocycles. The van der Waals surface area contributed by atoms with Crippen LogP contribution >= 0.6 is 0 Å². The lowest BCUT2D eigenvalue weighted by Gasteiger charge is -2.17. The first-order valence-corrected chi connectivity index (χ1v) is 9.29. The number of carboxylic acid groups (broad SMARTS) is 1. The third-order valence-electron chi connectivity index (χ3n) is 4.83. The average Bonchev–Trinajstić information content (AvgIpc) is 3.03. The molecule has 0 bridgehead atoms. The number of para-hydroxylation sites is 1. The van der Waals surface area contributed by atoms with Crippen LogP contribution in [0.5, 0.6) is 0 Å². The smallest absolute Gasteiger partial charge is 0.416 e. The van der Waals surface area contributed by atoms with Crippen molar-refractivity contribution in [3.05, 3.63) is 71.4 Å². The first-order chi connectivity index (χ1) is 14.4. The molecule has 1 heterocycles. The Morgan fingerprint density at radius 2 is 1.73 bits per heavy atom. The van der Waals surface area contributed by atoms with Crippen molar-refractivity contribution in [3.63, 3.8) is 0 Å². The molecule has 3 aromatic rings. The Morgan fingerprint density at radius 3 is 2.40 bits per heavy atom. The monoisotopic (exact) mass is 410 g/mol. The van der Waals surface area contributed by atoms with Crippen LogP contribution in [0.4, 0.5) is 9.59 Å². The summed E-state index contributed by atoms with van der Waals surface area (Å²) in [6.45, 7) is 1.71. The van der Waals surface area contributed by atoms with Gasteiger partial charge in [-0.3, -0.25) is 0 Å². The Hall–Kier alpha value is -3.81. The number of amides is 1. The molecule has 1 aromatic heterocycles. The minimum absolute atomic E-state index is 0.0535. The van der Waals surface area contributed by atoms with Crippen LogP contribution in [0, 0.1) is 6.92 Å². The summed E-state index contributed by atoms with van der Waals surface area (Å²) in [6.07, 6.45) is -1.84. The van der Waals surface area contributed by atoms with Gasteiger partial charge in [0, 0.05) is 17.5 Å². The first-order valence-electron chi connectivity index (χ1n) is 9.29. The van der Waals surface area contributed by atoms with Crippen LogP contribution in [-0.4, -0.2) is 41.0 Å². The number of fused-ring (bicyclic) bond motifs is 1. The van der Waals surface area contributed by atoms with Crippen molar-refractivity contribution in [2.75, 3.05) is 7.11 Å². The minimum Gasteiger partial charge on any atom is -0.467 e. The van der Waals surface area contributed by atoms with Crippen molar-refractivity contribution < 1.29 is 29.0 Å². The fourth-order valence-electron chi connectivity index (χ4n) is 3.39. The van der Waals surface area contributed by atoms with Gasteiger partial charge in [0.15, 0.2) is 0 Å². The highest BCUT2D eigenvalue weighted by Gasteiger charge is 2.27. The number of nitrogens with one attached hydrogen (secondary N) is 1. The number of rotatable bonds is 6. The van der Waals surface area contributed by atoms with E-state index in [2.05, 4.69) is 5.32 Å². The van der Waals surface area contributed by atoms with Crippen molar-refractivity contribution >= 4 is 29.1 Å². The number of hydrogen-bond acceptors (Lipinski definition) is 5. The van der Waals surface area contributed by atoms with Crippen LogP contribution in [0.1, 0.15) is 16.8 Å². The van der Waals surface area contributed by atoms with Gasteiger partial charge in [-0.2, -0.15) is 0 Å². The maximum atomic E-state index is 12.3. The quantitative estimate of drug-likeness (QED) is 0.603. The van der Waals surface area contributed by atoms with Gasteiger partial charge in [-0.25, -0.2) is 19.0 Å². The topological polar surface area (TPSA) is 107 Å². The predicted octanol–water partition coefficient (Wildman–Crippen LogP) is 3.49. The highest BCUT2D eigenvalue weighted by molar-refractivity contribution is 5.93. The molecule has 1 atom stereocenters.